The Morgan fingerprint density at radius 3 is 2.63 bits per heavy atom. The Bertz CT molecular complexity index is 800. The average molecular weight is 394 g/mol. The van der Waals surface area contributed by atoms with E-state index in [-0.39, 0.29) is 17.2 Å². The largest absolute Gasteiger partial charge is 0.456 e. The Morgan fingerprint density at radius 1 is 1.26 bits per heavy atom. The summed E-state index contributed by atoms with van der Waals surface area (Å²) in [7, 11) is -3.61. The molecule has 0 saturated heterocycles. The Hall–Kier alpha value is -2.19. The molecule has 1 aromatic carbocycles. The highest BCUT2D eigenvalue weighted by Gasteiger charge is 2.22. The van der Waals surface area contributed by atoms with E-state index in [2.05, 4.69) is 5.32 Å². The summed E-state index contributed by atoms with van der Waals surface area (Å²) >= 11 is 0. The van der Waals surface area contributed by atoms with Gasteiger partial charge in [-0.2, -0.15) is 4.31 Å². The fourth-order valence-electron chi connectivity index (χ4n) is 2.93. The zero-order valence-corrected chi connectivity index (χ0v) is 16.5. The number of nitrogens with zero attached hydrogens (tertiary/aromatic N) is 1. The number of carbonyl (C=O) groups excluding carboxylic acids is 2. The number of ether oxygens (including phenoxy) is 1. The Labute approximate surface area is 160 Å². The molecule has 0 fully saturated rings. The van der Waals surface area contributed by atoms with Crippen molar-refractivity contribution < 1.29 is 22.7 Å². The molecule has 1 amide bonds. The van der Waals surface area contributed by atoms with Crippen molar-refractivity contribution in [1.29, 1.82) is 0 Å². The highest BCUT2D eigenvalue weighted by Crippen LogP contribution is 2.21. The normalized spacial score (nSPS) is 16.5. The second-order valence-corrected chi connectivity index (χ2v) is 8.23. The average Bonchev–Trinajstić information content (AvgIpc) is 3.14. The number of esters is 1. The van der Waals surface area contributed by atoms with Crippen molar-refractivity contribution in [1.82, 2.24) is 4.31 Å². The predicted molar refractivity (Wildman–Crippen MR) is 103 cm³/mol. The Balaban J connectivity index is 1.92. The van der Waals surface area contributed by atoms with Crippen LogP contribution in [0.25, 0.3) is 0 Å². The second kappa shape index (κ2) is 9.66. The van der Waals surface area contributed by atoms with Gasteiger partial charge in [-0.25, -0.2) is 8.42 Å². The van der Waals surface area contributed by atoms with Gasteiger partial charge in [0.15, 0.2) is 6.61 Å². The van der Waals surface area contributed by atoms with Crippen molar-refractivity contribution in [3.63, 3.8) is 0 Å². The lowest BCUT2D eigenvalue weighted by Gasteiger charge is -2.18. The summed E-state index contributed by atoms with van der Waals surface area (Å²) in [6.07, 6.45) is 6.18. The van der Waals surface area contributed by atoms with E-state index >= 15 is 0 Å². The van der Waals surface area contributed by atoms with Gasteiger partial charge >= 0.3 is 5.97 Å². The lowest BCUT2D eigenvalue weighted by molar-refractivity contribution is -0.147. The summed E-state index contributed by atoms with van der Waals surface area (Å²) in [6.45, 7) is 3.86. The van der Waals surface area contributed by atoms with Crippen LogP contribution in [0.3, 0.4) is 0 Å². The minimum absolute atomic E-state index is 0.106. The summed E-state index contributed by atoms with van der Waals surface area (Å²) in [5.41, 5.74) is 0.336. The van der Waals surface area contributed by atoms with Gasteiger partial charge in [-0.05, 0) is 37.0 Å². The number of allylic oxidation sites excluding steroid dienone is 2. The van der Waals surface area contributed by atoms with E-state index < -0.39 is 28.5 Å². The SMILES string of the molecule is CCN(CC)S(=O)(=O)c1cccc(NC(=O)COC(=O)C[C@H]2C=CCC2)c1. The smallest absolute Gasteiger partial charge is 0.306 e. The fraction of sp³-hybridized carbons (Fsp3) is 0.474. The van der Waals surface area contributed by atoms with Crippen molar-refractivity contribution in [3.05, 3.63) is 36.4 Å². The maximum atomic E-state index is 12.6. The van der Waals surface area contributed by atoms with Gasteiger partial charge < -0.3 is 10.1 Å². The highest BCUT2D eigenvalue weighted by atomic mass is 32.2. The summed E-state index contributed by atoms with van der Waals surface area (Å²) in [5.74, 6) is -0.746. The third-order valence-electron chi connectivity index (χ3n) is 4.37. The standard InChI is InChI=1S/C19H26N2O5S/c1-3-21(4-2)27(24,25)17-11-7-10-16(13-17)20-18(22)14-26-19(23)12-15-8-5-6-9-15/h5,7-8,10-11,13,15H,3-4,6,9,12,14H2,1-2H3,(H,20,22)/t15-/m0/s1. The van der Waals surface area contributed by atoms with Crippen LogP contribution in [0.2, 0.25) is 0 Å². The van der Waals surface area contributed by atoms with E-state index in [1.54, 1.807) is 26.0 Å². The maximum absolute atomic E-state index is 12.6. The molecule has 2 rings (SSSR count). The number of hydrogen-bond donors (Lipinski definition) is 1. The number of sulfonamides is 1. The highest BCUT2D eigenvalue weighted by molar-refractivity contribution is 7.89. The first-order valence-electron chi connectivity index (χ1n) is 9.09. The van der Waals surface area contributed by atoms with Crippen molar-refractivity contribution in [2.45, 2.75) is 38.0 Å². The number of amides is 1. The van der Waals surface area contributed by atoms with Gasteiger partial charge in [0.1, 0.15) is 0 Å². The molecule has 0 heterocycles. The van der Waals surface area contributed by atoms with E-state index in [9.17, 15) is 18.0 Å². The molecule has 1 aliphatic carbocycles. The summed E-state index contributed by atoms with van der Waals surface area (Å²) < 4.78 is 31.4. The van der Waals surface area contributed by atoms with Crippen LogP contribution in [0, 0.1) is 5.92 Å². The first-order chi connectivity index (χ1) is 12.9. The van der Waals surface area contributed by atoms with Crippen molar-refractivity contribution in [2.24, 2.45) is 5.92 Å². The monoisotopic (exact) mass is 394 g/mol. The molecule has 8 heteroatoms. The lowest BCUT2D eigenvalue weighted by atomic mass is 10.1. The molecular weight excluding hydrogens is 368 g/mol. The number of rotatable bonds is 9. The van der Waals surface area contributed by atoms with Crippen LogP contribution in [0.4, 0.5) is 5.69 Å². The minimum Gasteiger partial charge on any atom is -0.456 e. The molecule has 1 aromatic rings. The van der Waals surface area contributed by atoms with E-state index in [0.717, 1.165) is 12.8 Å². The Kier molecular flexibility index (Phi) is 7.55. The van der Waals surface area contributed by atoms with E-state index in [0.29, 0.717) is 18.8 Å². The quantitative estimate of drug-likeness (QED) is 0.513. The van der Waals surface area contributed by atoms with Crippen molar-refractivity contribution >= 4 is 27.6 Å². The van der Waals surface area contributed by atoms with E-state index in [1.165, 1.54) is 16.4 Å². The number of carbonyl (C=O) groups is 2. The van der Waals surface area contributed by atoms with Gasteiger partial charge in [0.05, 0.1) is 11.3 Å². The molecule has 0 bridgehead atoms. The summed E-state index contributed by atoms with van der Waals surface area (Å²) in [4.78, 5) is 23.9. The van der Waals surface area contributed by atoms with Crippen LogP contribution < -0.4 is 5.32 Å². The zero-order chi connectivity index (χ0) is 19.9. The molecule has 0 aliphatic heterocycles. The molecule has 27 heavy (non-hydrogen) atoms. The van der Waals surface area contributed by atoms with Gasteiger partial charge in [0, 0.05) is 18.8 Å². The van der Waals surface area contributed by atoms with E-state index in [1.807, 2.05) is 12.2 Å². The number of benzene rings is 1. The molecule has 1 N–H and O–H groups in total. The van der Waals surface area contributed by atoms with Crippen LogP contribution in [-0.2, 0) is 24.3 Å². The fourth-order valence-corrected chi connectivity index (χ4v) is 4.43. The first-order valence-corrected chi connectivity index (χ1v) is 10.5. The molecule has 0 saturated carbocycles. The van der Waals surface area contributed by atoms with Crippen LogP contribution in [0.15, 0.2) is 41.3 Å². The van der Waals surface area contributed by atoms with Gasteiger partial charge in [0.25, 0.3) is 5.91 Å². The number of nitrogens with one attached hydrogen (secondary N) is 1. The van der Waals surface area contributed by atoms with Crippen LogP contribution in [0.1, 0.15) is 33.1 Å². The van der Waals surface area contributed by atoms with Crippen molar-refractivity contribution in [2.75, 3.05) is 25.0 Å². The Morgan fingerprint density at radius 2 is 2.00 bits per heavy atom. The molecule has 7 nitrogen and oxygen atoms in total. The summed E-state index contributed by atoms with van der Waals surface area (Å²) in [6, 6.07) is 6.03. The zero-order valence-electron chi connectivity index (χ0n) is 15.7. The topological polar surface area (TPSA) is 92.8 Å². The van der Waals surface area contributed by atoms with Crippen LogP contribution in [-0.4, -0.2) is 44.3 Å². The number of hydrogen-bond acceptors (Lipinski definition) is 5. The lowest BCUT2D eigenvalue weighted by Crippen LogP contribution is -2.30. The van der Waals surface area contributed by atoms with Gasteiger partial charge in [-0.15, -0.1) is 0 Å². The third kappa shape index (κ3) is 5.90. The molecule has 0 unspecified atom stereocenters. The van der Waals surface area contributed by atoms with Gasteiger partial charge in [-0.1, -0.05) is 32.1 Å². The van der Waals surface area contributed by atoms with E-state index in [4.69, 9.17) is 4.74 Å². The van der Waals surface area contributed by atoms with Gasteiger partial charge in [0.2, 0.25) is 10.0 Å². The third-order valence-corrected chi connectivity index (χ3v) is 6.41. The van der Waals surface area contributed by atoms with Crippen molar-refractivity contribution in [3.8, 4) is 0 Å². The summed E-state index contributed by atoms with van der Waals surface area (Å²) in [5, 5.41) is 2.57. The molecule has 0 spiro atoms. The first kappa shape index (κ1) is 21.1. The van der Waals surface area contributed by atoms with Crippen LogP contribution >= 0.6 is 0 Å². The molecule has 148 valence electrons. The molecule has 1 atom stereocenters. The molecule has 0 aromatic heterocycles. The molecular formula is C19H26N2O5S. The van der Waals surface area contributed by atoms with Gasteiger partial charge in [-0.3, -0.25) is 9.59 Å². The molecule has 0 radical (unpaired) electrons. The maximum Gasteiger partial charge on any atom is 0.306 e. The predicted octanol–water partition coefficient (Wildman–Crippen LogP) is 2.56. The second-order valence-electron chi connectivity index (χ2n) is 6.30. The number of anilines is 1. The molecule has 1 aliphatic rings. The van der Waals surface area contributed by atoms with Crippen LogP contribution in [0.5, 0.6) is 0 Å². The minimum atomic E-state index is -3.61.